The SMILES string of the molecule is CN(C(=O)CC(c1ccccc1)C(F)(F)F)C1CCNCC1.Cl. The van der Waals surface area contributed by atoms with Crippen molar-refractivity contribution in [3.8, 4) is 0 Å². The van der Waals surface area contributed by atoms with Gasteiger partial charge < -0.3 is 10.2 Å². The first-order chi connectivity index (χ1) is 10.4. The third kappa shape index (κ3) is 5.39. The highest BCUT2D eigenvalue weighted by atomic mass is 35.5. The maximum absolute atomic E-state index is 13.3. The predicted molar refractivity (Wildman–Crippen MR) is 85.8 cm³/mol. The van der Waals surface area contributed by atoms with Crippen molar-refractivity contribution in [1.82, 2.24) is 10.2 Å². The fraction of sp³-hybridized carbons (Fsp3) is 0.562. The van der Waals surface area contributed by atoms with Gasteiger partial charge in [-0.1, -0.05) is 30.3 Å². The van der Waals surface area contributed by atoms with E-state index in [4.69, 9.17) is 0 Å². The largest absolute Gasteiger partial charge is 0.396 e. The van der Waals surface area contributed by atoms with Crippen molar-refractivity contribution >= 4 is 18.3 Å². The third-order valence-electron chi connectivity index (χ3n) is 4.23. The summed E-state index contributed by atoms with van der Waals surface area (Å²) in [6, 6.07) is 7.68. The van der Waals surface area contributed by atoms with E-state index in [0.29, 0.717) is 0 Å². The van der Waals surface area contributed by atoms with Crippen LogP contribution in [-0.2, 0) is 4.79 Å². The molecule has 1 aliphatic rings. The monoisotopic (exact) mass is 350 g/mol. The molecule has 0 saturated carbocycles. The summed E-state index contributed by atoms with van der Waals surface area (Å²) in [6.45, 7) is 1.59. The Bertz CT molecular complexity index is 490. The highest BCUT2D eigenvalue weighted by molar-refractivity contribution is 5.85. The van der Waals surface area contributed by atoms with Crippen LogP contribution in [0.15, 0.2) is 30.3 Å². The molecule has 130 valence electrons. The van der Waals surface area contributed by atoms with Crippen LogP contribution in [0.25, 0.3) is 0 Å². The molecule has 0 spiro atoms. The number of nitrogens with zero attached hydrogens (tertiary/aromatic N) is 1. The predicted octanol–water partition coefficient (Wildman–Crippen LogP) is 3.35. The van der Waals surface area contributed by atoms with Crippen LogP contribution in [0.5, 0.6) is 0 Å². The zero-order valence-corrected chi connectivity index (χ0v) is 13.8. The lowest BCUT2D eigenvalue weighted by Crippen LogP contribution is -2.44. The molecule has 7 heteroatoms. The van der Waals surface area contributed by atoms with Crippen molar-refractivity contribution in [3.05, 3.63) is 35.9 Å². The molecule has 0 aliphatic carbocycles. The minimum atomic E-state index is -4.42. The van der Waals surface area contributed by atoms with Crippen LogP contribution in [0.1, 0.15) is 30.7 Å². The zero-order valence-electron chi connectivity index (χ0n) is 13.0. The van der Waals surface area contributed by atoms with Crippen LogP contribution in [0.2, 0.25) is 0 Å². The molecule has 1 aliphatic heterocycles. The summed E-state index contributed by atoms with van der Waals surface area (Å²) in [7, 11) is 1.61. The standard InChI is InChI=1S/C16H21F3N2O.ClH/c1-21(13-7-9-20-10-8-13)15(22)11-14(16(17,18)19)12-5-3-2-4-6-12;/h2-6,13-14,20H,7-11H2,1H3;1H. The number of piperidine rings is 1. The van der Waals surface area contributed by atoms with Gasteiger partial charge >= 0.3 is 6.18 Å². The van der Waals surface area contributed by atoms with Crippen LogP contribution in [0.4, 0.5) is 13.2 Å². The number of benzene rings is 1. The Morgan fingerprint density at radius 1 is 1.26 bits per heavy atom. The highest BCUT2D eigenvalue weighted by Gasteiger charge is 2.42. The van der Waals surface area contributed by atoms with Gasteiger partial charge in [0.05, 0.1) is 5.92 Å². The van der Waals surface area contributed by atoms with Crippen molar-refractivity contribution in [1.29, 1.82) is 0 Å². The number of halogens is 4. The minimum Gasteiger partial charge on any atom is -0.343 e. The van der Waals surface area contributed by atoms with E-state index >= 15 is 0 Å². The number of nitrogens with one attached hydrogen (secondary N) is 1. The summed E-state index contributed by atoms with van der Waals surface area (Å²) in [4.78, 5) is 13.8. The van der Waals surface area contributed by atoms with Gasteiger partial charge in [0, 0.05) is 19.5 Å². The lowest BCUT2D eigenvalue weighted by Gasteiger charge is -2.33. The smallest absolute Gasteiger partial charge is 0.343 e. The lowest BCUT2D eigenvalue weighted by atomic mass is 9.94. The molecule has 1 fully saturated rings. The van der Waals surface area contributed by atoms with Crippen molar-refractivity contribution in [2.75, 3.05) is 20.1 Å². The van der Waals surface area contributed by atoms with Gasteiger partial charge in [0.15, 0.2) is 0 Å². The van der Waals surface area contributed by atoms with E-state index in [9.17, 15) is 18.0 Å². The lowest BCUT2D eigenvalue weighted by molar-refractivity contribution is -0.161. The summed E-state index contributed by atoms with van der Waals surface area (Å²) in [5, 5.41) is 3.18. The maximum Gasteiger partial charge on any atom is 0.396 e. The third-order valence-corrected chi connectivity index (χ3v) is 4.23. The van der Waals surface area contributed by atoms with E-state index in [1.807, 2.05) is 0 Å². The topological polar surface area (TPSA) is 32.3 Å². The molecule has 1 aromatic rings. The first-order valence-electron chi connectivity index (χ1n) is 7.47. The van der Waals surface area contributed by atoms with Crippen LogP contribution in [0, 0.1) is 0 Å². The van der Waals surface area contributed by atoms with Gasteiger partial charge in [0.1, 0.15) is 0 Å². The minimum absolute atomic E-state index is 0. The van der Waals surface area contributed by atoms with Gasteiger partial charge in [-0.05, 0) is 31.5 Å². The molecule has 1 saturated heterocycles. The van der Waals surface area contributed by atoms with Gasteiger partial charge in [-0.25, -0.2) is 0 Å². The van der Waals surface area contributed by atoms with E-state index in [1.54, 1.807) is 25.2 Å². The molecular weight excluding hydrogens is 329 g/mol. The highest BCUT2D eigenvalue weighted by Crippen LogP contribution is 2.37. The van der Waals surface area contributed by atoms with E-state index in [1.165, 1.54) is 17.0 Å². The zero-order chi connectivity index (χ0) is 16.2. The van der Waals surface area contributed by atoms with E-state index in [2.05, 4.69) is 5.32 Å². The van der Waals surface area contributed by atoms with Crippen LogP contribution < -0.4 is 5.32 Å². The fourth-order valence-corrected chi connectivity index (χ4v) is 2.82. The van der Waals surface area contributed by atoms with Gasteiger partial charge in [-0.3, -0.25) is 4.79 Å². The molecule has 0 radical (unpaired) electrons. The molecule has 23 heavy (non-hydrogen) atoms. The molecule has 0 aromatic heterocycles. The molecule has 1 amide bonds. The second-order valence-electron chi connectivity index (χ2n) is 5.69. The maximum atomic E-state index is 13.3. The molecule has 1 aromatic carbocycles. The summed E-state index contributed by atoms with van der Waals surface area (Å²) in [5.74, 6) is -2.19. The number of hydrogen-bond donors (Lipinski definition) is 1. The molecule has 0 bridgehead atoms. The number of hydrogen-bond acceptors (Lipinski definition) is 2. The van der Waals surface area contributed by atoms with Crippen molar-refractivity contribution in [2.24, 2.45) is 0 Å². The average molecular weight is 351 g/mol. The van der Waals surface area contributed by atoms with E-state index in [-0.39, 0.29) is 24.0 Å². The molecule has 1 atom stereocenters. The first kappa shape index (κ1) is 19.8. The fourth-order valence-electron chi connectivity index (χ4n) is 2.82. The second kappa shape index (κ2) is 8.55. The number of alkyl halides is 3. The van der Waals surface area contributed by atoms with Gasteiger partial charge in [0.2, 0.25) is 5.91 Å². The van der Waals surface area contributed by atoms with Gasteiger partial charge in [-0.2, -0.15) is 13.2 Å². The Morgan fingerprint density at radius 2 is 1.83 bits per heavy atom. The van der Waals surface area contributed by atoms with Gasteiger partial charge in [-0.15, -0.1) is 12.4 Å². The molecule has 2 rings (SSSR count). The molecule has 1 heterocycles. The number of carbonyl (C=O) groups excluding carboxylic acids is 1. The van der Waals surface area contributed by atoms with Gasteiger partial charge in [0.25, 0.3) is 0 Å². The van der Waals surface area contributed by atoms with Crippen LogP contribution in [0.3, 0.4) is 0 Å². The summed E-state index contributed by atoms with van der Waals surface area (Å²) >= 11 is 0. The summed E-state index contributed by atoms with van der Waals surface area (Å²) < 4.78 is 39.9. The number of rotatable bonds is 4. The Hall–Kier alpha value is -1.27. The Kier molecular flexibility index (Phi) is 7.35. The molecular formula is C16H22ClF3N2O. The average Bonchev–Trinajstić information content (AvgIpc) is 2.52. The molecule has 1 unspecified atom stereocenters. The van der Waals surface area contributed by atoms with Crippen molar-refractivity contribution in [3.63, 3.8) is 0 Å². The summed E-state index contributed by atoms with van der Waals surface area (Å²) in [6.07, 6.45) is -3.39. The second-order valence-corrected chi connectivity index (χ2v) is 5.69. The number of amides is 1. The first-order valence-corrected chi connectivity index (χ1v) is 7.47. The van der Waals surface area contributed by atoms with Crippen LogP contribution >= 0.6 is 12.4 Å². The van der Waals surface area contributed by atoms with E-state index < -0.39 is 24.4 Å². The Balaban J connectivity index is 0.00000264. The molecule has 1 N–H and O–H groups in total. The molecule has 3 nitrogen and oxygen atoms in total. The van der Waals surface area contributed by atoms with Crippen LogP contribution in [-0.4, -0.2) is 43.2 Å². The summed E-state index contributed by atoms with van der Waals surface area (Å²) in [5.41, 5.74) is 0.141. The van der Waals surface area contributed by atoms with Crippen molar-refractivity contribution in [2.45, 2.75) is 37.4 Å². The number of carbonyl (C=O) groups is 1. The van der Waals surface area contributed by atoms with E-state index in [0.717, 1.165) is 25.9 Å². The normalized spacial score (nSPS) is 17.2. The Labute approximate surface area is 140 Å². The quantitative estimate of drug-likeness (QED) is 0.903. The van der Waals surface area contributed by atoms with Crippen molar-refractivity contribution < 1.29 is 18.0 Å². The Morgan fingerprint density at radius 3 is 2.35 bits per heavy atom.